The maximum Gasteiger partial charge on any atom is 0.338 e. The molecule has 0 bridgehead atoms. The van der Waals surface area contributed by atoms with Crippen LogP contribution in [0, 0.1) is 6.92 Å². The van der Waals surface area contributed by atoms with Crippen molar-refractivity contribution in [3.8, 4) is 0 Å². The number of halogens is 1. The molecular weight excluding hydrogens is 378 g/mol. The molecule has 0 saturated carbocycles. The molecule has 0 aliphatic rings. The lowest BCUT2D eigenvalue weighted by molar-refractivity contribution is -0.138. The molecule has 1 atom stereocenters. The first-order chi connectivity index (χ1) is 10.1. The molecule has 0 spiro atoms. The molecule has 9 heteroatoms. The molecule has 1 rings (SSSR count). The van der Waals surface area contributed by atoms with Gasteiger partial charge in [-0.15, -0.1) is 0 Å². The van der Waals surface area contributed by atoms with E-state index in [0.29, 0.717) is 10.0 Å². The van der Waals surface area contributed by atoms with Crippen LogP contribution in [0.3, 0.4) is 0 Å². The van der Waals surface area contributed by atoms with E-state index in [2.05, 4.69) is 15.9 Å². The number of carbonyl (C=O) groups is 2. The van der Waals surface area contributed by atoms with Crippen LogP contribution in [-0.4, -0.2) is 38.1 Å². The van der Waals surface area contributed by atoms with E-state index in [1.165, 1.54) is 13.0 Å². The molecule has 0 heterocycles. The molecule has 0 amide bonds. The topological polar surface area (TPSA) is 110 Å². The van der Waals surface area contributed by atoms with E-state index in [9.17, 15) is 18.0 Å². The number of carboxylic acid groups (broad SMARTS) is 1. The number of ether oxygens (including phenoxy) is 1. The average Bonchev–Trinajstić information content (AvgIpc) is 2.41. The smallest absolute Gasteiger partial charge is 0.338 e. The number of hydrogen-bond acceptors (Lipinski definition) is 5. The summed E-state index contributed by atoms with van der Waals surface area (Å²) in [7, 11) is -4.08. The van der Waals surface area contributed by atoms with Crippen LogP contribution >= 0.6 is 15.9 Å². The number of carboxylic acids is 1. The molecular formula is C13H16BrNO6S. The van der Waals surface area contributed by atoms with Crippen molar-refractivity contribution in [3.05, 3.63) is 27.7 Å². The molecule has 0 aliphatic heterocycles. The third-order valence-electron chi connectivity index (χ3n) is 2.83. The average molecular weight is 394 g/mol. The highest BCUT2D eigenvalue weighted by molar-refractivity contribution is 9.10. The first kappa shape index (κ1) is 18.6. The summed E-state index contributed by atoms with van der Waals surface area (Å²) in [6.45, 7) is 4.63. The SMILES string of the molecule is CCOC(=O)c1cc(S(=O)(=O)N[C@@H](C)C(=O)O)cc(Br)c1C. The largest absolute Gasteiger partial charge is 0.480 e. The number of benzene rings is 1. The quantitative estimate of drug-likeness (QED) is 0.711. The number of carbonyl (C=O) groups excluding carboxylic acids is 1. The monoisotopic (exact) mass is 393 g/mol. The minimum Gasteiger partial charge on any atom is -0.480 e. The minimum absolute atomic E-state index is 0.0968. The van der Waals surface area contributed by atoms with Crippen LogP contribution in [0.5, 0.6) is 0 Å². The number of aliphatic carboxylic acids is 1. The van der Waals surface area contributed by atoms with Crippen molar-refractivity contribution in [1.29, 1.82) is 0 Å². The molecule has 0 aromatic heterocycles. The Bertz CT molecular complexity index is 701. The Hall–Kier alpha value is -1.45. The second-order valence-electron chi connectivity index (χ2n) is 4.48. The lowest BCUT2D eigenvalue weighted by Crippen LogP contribution is -2.38. The summed E-state index contributed by atoms with van der Waals surface area (Å²) in [5, 5.41) is 8.79. The molecule has 0 fully saturated rings. The van der Waals surface area contributed by atoms with Crippen molar-refractivity contribution < 1.29 is 27.9 Å². The van der Waals surface area contributed by atoms with Crippen LogP contribution < -0.4 is 4.72 Å². The van der Waals surface area contributed by atoms with Gasteiger partial charge in [0.25, 0.3) is 0 Å². The maximum absolute atomic E-state index is 12.2. The molecule has 0 radical (unpaired) electrons. The zero-order chi connectivity index (χ0) is 17.1. The Labute approximate surface area is 136 Å². The van der Waals surface area contributed by atoms with E-state index in [1.54, 1.807) is 13.8 Å². The van der Waals surface area contributed by atoms with Gasteiger partial charge in [0.2, 0.25) is 10.0 Å². The third-order valence-corrected chi connectivity index (χ3v) is 5.17. The second-order valence-corrected chi connectivity index (χ2v) is 7.05. The molecule has 0 saturated heterocycles. The number of sulfonamides is 1. The van der Waals surface area contributed by atoms with E-state index >= 15 is 0 Å². The lowest BCUT2D eigenvalue weighted by Gasteiger charge is -2.13. The van der Waals surface area contributed by atoms with Crippen LogP contribution in [0.15, 0.2) is 21.5 Å². The van der Waals surface area contributed by atoms with Gasteiger partial charge < -0.3 is 9.84 Å². The van der Waals surface area contributed by atoms with Gasteiger partial charge in [0.05, 0.1) is 17.1 Å². The first-order valence-corrected chi connectivity index (χ1v) is 8.60. The van der Waals surface area contributed by atoms with Gasteiger partial charge >= 0.3 is 11.9 Å². The fourth-order valence-corrected chi connectivity index (χ4v) is 3.44. The van der Waals surface area contributed by atoms with Crippen molar-refractivity contribution in [1.82, 2.24) is 4.72 Å². The van der Waals surface area contributed by atoms with Gasteiger partial charge in [-0.2, -0.15) is 4.72 Å². The summed E-state index contributed by atoms with van der Waals surface area (Å²) in [4.78, 5) is 22.4. The van der Waals surface area contributed by atoms with Gasteiger partial charge in [-0.05, 0) is 38.5 Å². The summed E-state index contributed by atoms with van der Waals surface area (Å²) >= 11 is 3.19. The number of esters is 1. The van der Waals surface area contributed by atoms with Crippen molar-refractivity contribution in [3.63, 3.8) is 0 Å². The predicted molar refractivity (Wildman–Crippen MR) is 82.3 cm³/mol. The summed E-state index contributed by atoms with van der Waals surface area (Å²) < 4.78 is 31.7. The van der Waals surface area contributed by atoms with Gasteiger partial charge in [-0.3, -0.25) is 4.79 Å². The van der Waals surface area contributed by atoms with Crippen molar-refractivity contribution in [2.75, 3.05) is 6.61 Å². The van der Waals surface area contributed by atoms with Gasteiger partial charge in [0.1, 0.15) is 6.04 Å². The van der Waals surface area contributed by atoms with E-state index in [4.69, 9.17) is 9.84 Å². The Balaban J connectivity index is 3.31. The van der Waals surface area contributed by atoms with Crippen LogP contribution in [0.25, 0.3) is 0 Å². The Kier molecular flexibility index (Phi) is 6.09. The zero-order valence-electron chi connectivity index (χ0n) is 12.2. The molecule has 0 unspecified atom stereocenters. The molecule has 122 valence electrons. The summed E-state index contributed by atoms with van der Waals surface area (Å²) in [6.07, 6.45) is 0. The highest BCUT2D eigenvalue weighted by atomic mass is 79.9. The molecule has 0 aliphatic carbocycles. The summed E-state index contributed by atoms with van der Waals surface area (Å²) in [6, 6.07) is 1.17. The fourth-order valence-electron chi connectivity index (χ4n) is 1.58. The number of hydrogen-bond donors (Lipinski definition) is 2. The minimum atomic E-state index is -4.08. The normalized spacial score (nSPS) is 12.7. The van der Waals surface area contributed by atoms with E-state index in [-0.39, 0.29) is 17.1 Å². The number of nitrogens with one attached hydrogen (secondary N) is 1. The predicted octanol–water partition coefficient (Wildman–Crippen LogP) is 1.69. The first-order valence-electron chi connectivity index (χ1n) is 6.32. The van der Waals surface area contributed by atoms with Crippen LogP contribution in [-0.2, 0) is 19.6 Å². The molecule has 7 nitrogen and oxygen atoms in total. The molecule has 22 heavy (non-hydrogen) atoms. The third kappa shape index (κ3) is 4.28. The van der Waals surface area contributed by atoms with Gasteiger partial charge in [-0.25, -0.2) is 13.2 Å². The van der Waals surface area contributed by atoms with Gasteiger partial charge in [0.15, 0.2) is 0 Å². The standard InChI is InChI=1S/C13H16BrNO6S/c1-4-21-13(18)10-5-9(6-11(14)7(10)2)22(19,20)15-8(3)12(16)17/h5-6,8,15H,4H2,1-3H3,(H,16,17)/t8-/m0/s1. The molecule has 1 aromatic carbocycles. The maximum atomic E-state index is 12.2. The summed E-state index contributed by atoms with van der Waals surface area (Å²) in [5.41, 5.74) is 0.628. The van der Waals surface area contributed by atoms with Crippen molar-refractivity contribution >= 4 is 37.9 Å². The Morgan fingerprint density at radius 1 is 1.41 bits per heavy atom. The Morgan fingerprint density at radius 3 is 2.50 bits per heavy atom. The van der Waals surface area contributed by atoms with Crippen molar-refractivity contribution in [2.24, 2.45) is 0 Å². The van der Waals surface area contributed by atoms with Crippen LogP contribution in [0.4, 0.5) is 0 Å². The Morgan fingerprint density at radius 2 is 2.00 bits per heavy atom. The van der Waals surface area contributed by atoms with E-state index in [1.807, 2.05) is 4.72 Å². The van der Waals surface area contributed by atoms with E-state index < -0.39 is 28.0 Å². The van der Waals surface area contributed by atoms with Crippen LogP contribution in [0.1, 0.15) is 29.8 Å². The second kappa shape index (κ2) is 7.21. The summed E-state index contributed by atoms with van der Waals surface area (Å²) in [5.74, 6) is -1.95. The lowest BCUT2D eigenvalue weighted by atomic mass is 10.1. The van der Waals surface area contributed by atoms with Gasteiger partial charge in [-0.1, -0.05) is 15.9 Å². The highest BCUT2D eigenvalue weighted by Gasteiger charge is 2.24. The zero-order valence-corrected chi connectivity index (χ0v) is 14.6. The van der Waals surface area contributed by atoms with Gasteiger partial charge in [0, 0.05) is 4.47 Å². The highest BCUT2D eigenvalue weighted by Crippen LogP contribution is 2.25. The molecule has 2 N–H and O–H groups in total. The number of rotatable bonds is 6. The fraction of sp³-hybridized carbons (Fsp3) is 0.385. The van der Waals surface area contributed by atoms with Crippen molar-refractivity contribution in [2.45, 2.75) is 31.7 Å². The van der Waals surface area contributed by atoms with E-state index in [0.717, 1.165) is 6.07 Å². The van der Waals surface area contributed by atoms with Crippen LogP contribution in [0.2, 0.25) is 0 Å². The molecule has 1 aromatic rings.